The number of anilines is 1. The number of thiazole rings is 1. The summed E-state index contributed by atoms with van der Waals surface area (Å²) in [5.41, 5.74) is 6.67. The summed E-state index contributed by atoms with van der Waals surface area (Å²) in [7, 11) is 0. The number of hydrazone groups is 1. The number of nitrogens with one attached hydrogen (secondary N) is 1. The average Bonchev–Trinajstić information content (AvgIpc) is 3.74. The van der Waals surface area contributed by atoms with Crippen molar-refractivity contribution in [3.8, 4) is 17.2 Å². The normalized spacial score (nSPS) is 12.0. The van der Waals surface area contributed by atoms with Crippen LogP contribution in [0, 0.1) is 13.8 Å². The number of fused-ring (bicyclic) bond motifs is 2. The molecule has 0 aliphatic rings. The number of aliphatic hydroxyl groups is 1. The molecule has 0 bridgehead atoms. The number of nitrogens with zero attached hydrogens (tertiary/aromatic N) is 2. The zero-order valence-electron chi connectivity index (χ0n) is 36.4. The molecule has 2 atom stereocenters. The van der Waals surface area contributed by atoms with E-state index in [2.05, 4.69) is 28.7 Å². The molecule has 2 N–H and O–H groups in total. The highest BCUT2D eigenvalue weighted by Gasteiger charge is 2.19. The zero-order chi connectivity index (χ0) is 46.8. The summed E-state index contributed by atoms with van der Waals surface area (Å²) in [6, 6.07) is 28.1. The summed E-state index contributed by atoms with van der Waals surface area (Å²) in [6.45, 7) is 11.0. The molecule has 6 aromatic rings. The number of hydrogen-bond donors (Lipinski definition) is 2. The Kier molecular flexibility index (Phi) is 17.7. The lowest BCUT2D eigenvalue weighted by Crippen LogP contribution is -2.30. The topological polar surface area (TPSA) is 190 Å². The third kappa shape index (κ3) is 14.4. The van der Waals surface area contributed by atoms with Crippen molar-refractivity contribution in [3.63, 3.8) is 0 Å². The molecule has 1 aromatic heterocycles. The van der Waals surface area contributed by atoms with Gasteiger partial charge in [0.05, 0.1) is 53.8 Å². The highest BCUT2D eigenvalue weighted by Crippen LogP contribution is 2.29. The molecule has 0 saturated heterocycles. The lowest BCUT2D eigenvalue weighted by molar-refractivity contribution is -0.157. The lowest BCUT2D eigenvalue weighted by Gasteiger charge is -2.19. The first kappa shape index (κ1) is 48.2. The number of aryl methyl sites for hydroxylation is 2. The second kappa shape index (κ2) is 24.2. The Bertz CT molecular complexity index is 2660. The number of rotatable bonds is 24. The van der Waals surface area contributed by atoms with Crippen LogP contribution in [0.4, 0.5) is 5.13 Å². The Morgan fingerprint density at radius 3 is 2.35 bits per heavy atom. The number of hydrogen-bond acceptors (Lipinski definition) is 16. The van der Waals surface area contributed by atoms with E-state index >= 15 is 0 Å². The maximum atomic E-state index is 13.6. The van der Waals surface area contributed by atoms with Crippen LogP contribution in [-0.4, -0.2) is 85.6 Å². The molecule has 0 aliphatic heterocycles. The van der Waals surface area contributed by atoms with Crippen LogP contribution in [-0.2, 0) is 28.5 Å². The molecule has 342 valence electrons. The minimum absolute atomic E-state index is 0.00474. The molecule has 0 amide bonds. The van der Waals surface area contributed by atoms with Gasteiger partial charge in [-0.05, 0) is 116 Å². The number of carbonyl (C=O) groups is 4. The Morgan fingerprint density at radius 2 is 1.58 bits per heavy atom. The van der Waals surface area contributed by atoms with E-state index in [4.69, 9.17) is 33.2 Å². The fourth-order valence-corrected chi connectivity index (χ4v) is 7.06. The molecule has 0 fully saturated rings. The van der Waals surface area contributed by atoms with Crippen LogP contribution in [0.15, 0.2) is 127 Å². The van der Waals surface area contributed by atoms with Crippen LogP contribution < -0.4 is 19.6 Å². The first-order chi connectivity index (χ1) is 32.0. The van der Waals surface area contributed by atoms with E-state index in [1.165, 1.54) is 35.8 Å². The van der Waals surface area contributed by atoms with Crippen LogP contribution in [0.3, 0.4) is 0 Å². The second-order valence-electron chi connectivity index (χ2n) is 14.7. The molecule has 2 unspecified atom stereocenters. The van der Waals surface area contributed by atoms with Gasteiger partial charge in [0, 0.05) is 18.2 Å². The molecule has 1 heterocycles. The molecular weight excluding hydrogens is 867 g/mol. The average molecular weight is 916 g/mol. The minimum Gasteiger partial charge on any atom is -0.490 e. The van der Waals surface area contributed by atoms with Gasteiger partial charge in [-0.15, -0.1) is 0 Å². The van der Waals surface area contributed by atoms with Crippen molar-refractivity contribution in [1.29, 1.82) is 0 Å². The maximum Gasteiger partial charge on any atom is 0.343 e. The highest BCUT2D eigenvalue weighted by molar-refractivity contribution is 7.22. The van der Waals surface area contributed by atoms with Gasteiger partial charge in [0.15, 0.2) is 12.4 Å². The summed E-state index contributed by atoms with van der Waals surface area (Å²) < 4.78 is 40.0. The Balaban J connectivity index is 1.13. The number of aromatic nitrogens is 1. The molecule has 0 aliphatic carbocycles. The predicted molar refractivity (Wildman–Crippen MR) is 250 cm³/mol. The van der Waals surface area contributed by atoms with E-state index in [1.54, 1.807) is 48.5 Å². The molecule has 0 spiro atoms. The number of esters is 4. The zero-order valence-corrected chi connectivity index (χ0v) is 37.3. The van der Waals surface area contributed by atoms with Crippen LogP contribution in [0.1, 0.15) is 56.7 Å². The first-order valence-corrected chi connectivity index (χ1v) is 21.7. The Morgan fingerprint density at radius 1 is 0.818 bits per heavy atom. The van der Waals surface area contributed by atoms with Crippen molar-refractivity contribution in [2.75, 3.05) is 38.5 Å². The largest absolute Gasteiger partial charge is 0.490 e. The summed E-state index contributed by atoms with van der Waals surface area (Å²) >= 11 is 1.43. The van der Waals surface area contributed by atoms with E-state index < -0.39 is 36.3 Å². The highest BCUT2D eigenvalue weighted by atomic mass is 32.1. The molecule has 15 nitrogen and oxygen atoms in total. The lowest BCUT2D eigenvalue weighted by atomic mass is 10.0. The van der Waals surface area contributed by atoms with E-state index in [1.807, 2.05) is 50.2 Å². The van der Waals surface area contributed by atoms with Gasteiger partial charge in [-0.25, -0.2) is 19.4 Å². The second-order valence-corrected chi connectivity index (χ2v) is 15.7. The monoisotopic (exact) mass is 915 g/mol. The van der Waals surface area contributed by atoms with Gasteiger partial charge in [-0.3, -0.25) is 10.2 Å². The molecule has 5 aromatic carbocycles. The van der Waals surface area contributed by atoms with E-state index in [0.717, 1.165) is 27.4 Å². The fraction of sp³-hybridized carbons (Fsp3) is 0.240. The minimum atomic E-state index is -1.21. The van der Waals surface area contributed by atoms with Gasteiger partial charge in [-0.2, -0.15) is 5.10 Å². The van der Waals surface area contributed by atoms with Crippen molar-refractivity contribution in [2.45, 2.75) is 45.5 Å². The number of carbonyl (C=O) groups excluding carboxylic acids is 4. The van der Waals surface area contributed by atoms with Crippen molar-refractivity contribution in [3.05, 3.63) is 150 Å². The van der Waals surface area contributed by atoms with Gasteiger partial charge < -0.3 is 38.3 Å². The standard InChI is InChI=1S/C50H49N3O12S/c1-5-45(54)60-23-10-9-22-59-30-40(63-47(56)21-24-61-46(55)6-2)31-62-39-18-16-34(17-19-39)48(57)65-43-28-35-14-15-36(49(58)64-42-20-13-32(3)25-33(42)4)26-37(35)27-38(43)29-51-53-50-52-41-11-7-8-12-44(41)66-50/h5-8,11-20,25-29,40,46,55H,1-2,9-10,21-24,30-31H2,3-4H3,(H,52,53)/b51-29+. The van der Waals surface area contributed by atoms with Gasteiger partial charge >= 0.3 is 23.9 Å². The molecule has 0 radical (unpaired) electrons. The first-order valence-electron chi connectivity index (χ1n) is 20.9. The predicted octanol–water partition coefficient (Wildman–Crippen LogP) is 8.68. The Hall–Kier alpha value is -7.24. The van der Waals surface area contributed by atoms with Crippen LogP contribution in [0.2, 0.25) is 0 Å². The van der Waals surface area contributed by atoms with E-state index in [9.17, 15) is 24.3 Å². The van der Waals surface area contributed by atoms with E-state index in [0.29, 0.717) is 58.0 Å². The third-order valence-corrected chi connectivity index (χ3v) is 10.6. The number of benzene rings is 5. The van der Waals surface area contributed by atoms with Crippen LogP contribution in [0.25, 0.3) is 21.0 Å². The van der Waals surface area contributed by atoms with Gasteiger partial charge in [0.25, 0.3) is 0 Å². The molecular formula is C50H49N3O12S. The van der Waals surface area contributed by atoms with E-state index in [-0.39, 0.29) is 44.2 Å². The maximum absolute atomic E-state index is 13.6. The fourth-order valence-electron chi connectivity index (χ4n) is 6.24. The number of ether oxygens (including phenoxy) is 7. The van der Waals surface area contributed by atoms with Crippen LogP contribution >= 0.6 is 11.3 Å². The van der Waals surface area contributed by atoms with Crippen molar-refractivity contribution >= 4 is 67.5 Å². The van der Waals surface area contributed by atoms with Crippen molar-refractivity contribution in [1.82, 2.24) is 4.98 Å². The summed E-state index contributed by atoms with van der Waals surface area (Å²) in [4.78, 5) is 55.3. The quantitative estimate of drug-likeness (QED) is 0.00857. The smallest absolute Gasteiger partial charge is 0.343 e. The number of unbranched alkanes of at least 4 members (excludes halogenated alkanes) is 1. The molecule has 6 rings (SSSR count). The molecule has 0 saturated carbocycles. The summed E-state index contributed by atoms with van der Waals surface area (Å²) in [5.74, 6) is -1.23. The number of aliphatic hydroxyl groups excluding tert-OH is 1. The van der Waals surface area contributed by atoms with Gasteiger partial charge in [0.1, 0.15) is 23.9 Å². The van der Waals surface area contributed by atoms with Crippen molar-refractivity contribution in [2.24, 2.45) is 5.10 Å². The van der Waals surface area contributed by atoms with Crippen LogP contribution in [0.5, 0.6) is 17.2 Å². The van der Waals surface area contributed by atoms with Crippen molar-refractivity contribution < 1.29 is 57.4 Å². The van der Waals surface area contributed by atoms with Gasteiger partial charge in [0.2, 0.25) is 5.13 Å². The third-order valence-electron chi connectivity index (χ3n) is 9.62. The van der Waals surface area contributed by atoms with Gasteiger partial charge in [-0.1, -0.05) is 60.4 Å². The summed E-state index contributed by atoms with van der Waals surface area (Å²) in [6.07, 6.45) is 2.76. The summed E-state index contributed by atoms with van der Waals surface area (Å²) in [5, 5.41) is 15.9. The Labute approximate surface area is 385 Å². The molecule has 66 heavy (non-hydrogen) atoms. The molecule has 16 heteroatoms. The SMILES string of the molecule is C=CC(=O)OCCCCOCC(COc1ccc(C(=O)Oc2cc3ccc(C(=O)Oc4ccc(C)cc4C)cc3cc2/C=N/Nc2nc3ccccc3s2)cc1)OC(=O)CCOC(O)C=C. The number of para-hydroxylation sites is 1.